The molecule has 20 heteroatoms. The summed E-state index contributed by atoms with van der Waals surface area (Å²) in [6.07, 6.45) is -3.66. The van der Waals surface area contributed by atoms with Crippen LogP contribution in [0.25, 0.3) is 11.3 Å². The number of nitrogens with one attached hydrogen (secondary N) is 4. The first kappa shape index (κ1) is 60.3. The van der Waals surface area contributed by atoms with E-state index in [0.717, 1.165) is 23.9 Å². The van der Waals surface area contributed by atoms with Gasteiger partial charge in [0, 0.05) is 24.2 Å². The van der Waals surface area contributed by atoms with Gasteiger partial charge in [-0.3, -0.25) is 20.0 Å². The SMILES string of the molecule is COC(=O)N[C@H](C(=O)NN(Cc1ccc(-c2ccccn2)cc1)C[C@H](OC(=O)[C@@H](NC(=O)OC)C(C)(C)C)[C@H](Cc1ccccc1)NC(=O)OC(OC(=O)[C@@H](N)C(C)C)C(C)C)C(C)(C)C.Cl.Cl. The Hall–Kier alpha value is -5.69. The van der Waals surface area contributed by atoms with Gasteiger partial charge in [-0.2, -0.15) is 0 Å². The van der Waals surface area contributed by atoms with Gasteiger partial charge in [-0.1, -0.05) is 130 Å². The Balaban J connectivity index is 0.0000116. The van der Waals surface area contributed by atoms with Crippen molar-refractivity contribution in [3.63, 3.8) is 0 Å². The number of carbonyl (C=O) groups excluding carboxylic acids is 6. The van der Waals surface area contributed by atoms with E-state index in [9.17, 15) is 28.8 Å². The Morgan fingerprint density at radius 1 is 0.647 bits per heavy atom. The fraction of sp³-hybridized carbons (Fsp3) is 0.521. The quantitative estimate of drug-likeness (QED) is 0.0342. The van der Waals surface area contributed by atoms with Crippen LogP contribution in [0.1, 0.15) is 80.4 Å². The van der Waals surface area contributed by atoms with Crippen molar-refractivity contribution in [3.05, 3.63) is 90.1 Å². The Morgan fingerprint density at radius 3 is 1.71 bits per heavy atom. The first-order valence-electron chi connectivity index (χ1n) is 21.9. The van der Waals surface area contributed by atoms with Crippen LogP contribution in [0.4, 0.5) is 14.4 Å². The van der Waals surface area contributed by atoms with Crippen LogP contribution in [-0.4, -0.2) is 103 Å². The molecule has 378 valence electrons. The molecule has 0 aliphatic heterocycles. The standard InChI is InChI=1S/C48H69N7O11.2ClH/c1-29(2)37(49)41(57)65-43(30(3)4)66-46(61)51-35(26-31-18-14-13-15-19-31)36(64-42(58)39(48(8,9)10)53-45(60)63-12)28-55(54-40(56)38(47(5,6)7)52-44(59)62-11)27-32-21-23-33(24-22-32)34-20-16-17-25-50-34;;/h13-25,29-30,35-39,43H,26-28,49H2,1-12H3,(H,51,61)(H,52,59)(H,53,60)(H,54,56);2*1H/t35-,36-,37-,38+,39+,43?;;/m0../s1. The summed E-state index contributed by atoms with van der Waals surface area (Å²) < 4.78 is 27.3. The number of amides is 4. The minimum atomic E-state index is -1.35. The molecular weight excluding hydrogens is 921 g/mol. The Labute approximate surface area is 412 Å². The molecule has 0 bridgehead atoms. The summed E-state index contributed by atoms with van der Waals surface area (Å²) >= 11 is 0. The number of halogens is 2. The van der Waals surface area contributed by atoms with Gasteiger partial charge in [-0.25, -0.2) is 24.2 Å². The summed E-state index contributed by atoms with van der Waals surface area (Å²) in [5.74, 6) is -3.02. The zero-order valence-electron chi connectivity index (χ0n) is 41.0. The normalized spacial score (nSPS) is 14.0. The van der Waals surface area contributed by atoms with Gasteiger partial charge >= 0.3 is 30.2 Å². The fourth-order valence-electron chi connectivity index (χ4n) is 6.44. The number of ether oxygens (including phenoxy) is 5. The van der Waals surface area contributed by atoms with Gasteiger partial charge in [0.05, 0.1) is 32.5 Å². The molecule has 6 atom stereocenters. The summed E-state index contributed by atoms with van der Waals surface area (Å²) in [6.45, 7) is 17.1. The van der Waals surface area contributed by atoms with Crippen molar-refractivity contribution in [2.24, 2.45) is 28.4 Å². The molecule has 2 aromatic carbocycles. The molecule has 0 aliphatic rings. The van der Waals surface area contributed by atoms with E-state index in [-0.39, 0.29) is 50.2 Å². The Kier molecular flexibility index (Phi) is 24.8. The summed E-state index contributed by atoms with van der Waals surface area (Å²) in [6, 6.07) is 17.6. The number of benzene rings is 2. The maximum Gasteiger partial charge on any atom is 0.410 e. The highest BCUT2D eigenvalue weighted by Gasteiger charge is 2.40. The predicted octanol–water partition coefficient (Wildman–Crippen LogP) is 6.72. The number of methoxy groups -OCH3 is 2. The largest absolute Gasteiger partial charge is 0.457 e. The minimum absolute atomic E-state index is 0. The molecule has 0 saturated carbocycles. The zero-order chi connectivity index (χ0) is 49.4. The molecule has 18 nitrogen and oxygen atoms in total. The van der Waals surface area contributed by atoms with E-state index in [1.54, 1.807) is 87.6 Å². The first-order chi connectivity index (χ1) is 30.9. The van der Waals surface area contributed by atoms with Crippen molar-refractivity contribution in [2.75, 3.05) is 20.8 Å². The molecule has 1 unspecified atom stereocenters. The van der Waals surface area contributed by atoms with E-state index in [0.29, 0.717) is 5.56 Å². The smallest absolute Gasteiger partial charge is 0.410 e. The van der Waals surface area contributed by atoms with E-state index in [2.05, 4.69) is 26.4 Å². The second-order valence-electron chi connectivity index (χ2n) is 18.8. The number of aromatic nitrogens is 1. The van der Waals surface area contributed by atoms with Gasteiger partial charge < -0.3 is 45.4 Å². The molecule has 68 heavy (non-hydrogen) atoms. The van der Waals surface area contributed by atoms with Crippen LogP contribution in [0.15, 0.2) is 79.0 Å². The summed E-state index contributed by atoms with van der Waals surface area (Å²) in [4.78, 5) is 85.3. The third-order valence-electron chi connectivity index (χ3n) is 10.4. The Bertz CT molecular complexity index is 2050. The lowest BCUT2D eigenvalue weighted by Gasteiger charge is -2.37. The topological polar surface area (TPSA) is 239 Å². The summed E-state index contributed by atoms with van der Waals surface area (Å²) in [7, 11) is 2.35. The van der Waals surface area contributed by atoms with Crippen LogP contribution in [0, 0.1) is 22.7 Å². The van der Waals surface area contributed by atoms with Crippen LogP contribution >= 0.6 is 24.8 Å². The molecule has 0 aliphatic carbocycles. The number of nitrogens with two attached hydrogens (primary N) is 1. The molecule has 1 aromatic heterocycles. The van der Waals surface area contributed by atoms with Gasteiger partial charge in [0.2, 0.25) is 0 Å². The van der Waals surface area contributed by atoms with E-state index in [1.165, 1.54) is 12.1 Å². The van der Waals surface area contributed by atoms with Crippen molar-refractivity contribution < 1.29 is 52.5 Å². The molecule has 6 N–H and O–H groups in total. The molecule has 1 heterocycles. The van der Waals surface area contributed by atoms with E-state index in [4.69, 9.17) is 29.4 Å². The van der Waals surface area contributed by atoms with Crippen molar-refractivity contribution in [2.45, 2.75) is 119 Å². The van der Waals surface area contributed by atoms with Crippen LogP contribution in [0.5, 0.6) is 0 Å². The van der Waals surface area contributed by atoms with Gasteiger partial charge in [0.1, 0.15) is 24.2 Å². The van der Waals surface area contributed by atoms with E-state index in [1.807, 2.05) is 60.7 Å². The number of hydrazine groups is 1. The lowest BCUT2D eigenvalue weighted by Crippen LogP contribution is -2.60. The molecule has 0 radical (unpaired) electrons. The molecule has 3 aromatic rings. The lowest BCUT2D eigenvalue weighted by atomic mass is 9.86. The molecule has 0 saturated heterocycles. The van der Waals surface area contributed by atoms with Crippen molar-refractivity contribution in [1.82, 2.24) is 31.4 Å². The van der Waals surface area contributed by atoms with Crippen LogP contribution in [0.2, 0.25) is 0 Å². The van der Waals surface area contributed by atoms with Crippen LogP contribution < -0.4 is 27.1 Å². The Morgan fingerprint density at radius 2 is 1.21 bits per heavy atom. The monoisotopic (exact) mass is 991 g/mol. The lowest BCUT2D eigenvalue weighted by molar-refractivity contribution is -0.178. The van der Waals surface area contributed by atoms with Crippen molar-refractivity contribution in [1.29, 1.82) is 0 Å². The number of carbonyl (C=O) groups is 6. The molecule has 4 amide bonds. The third kappa shape index (κ3) is 19.5. The van der Waals surface area contributed by atoms with Gasteiger partial charge in [0.25, 0.3) is 12.2 Å². The highest BCUT2D eigenvalue weighted by molar-refractivity contribution is 5.86. The number of nitrogens with zero attached hydrogens (tertiary/aromatic N) is 2. The van der Waals surface area contributed by atoms with Gasteiger partial charge in [-0.15, -0.1) is 24.8 Å². The predicted molar refractivity (Wildman–Crippen MR) is 261 cm³/mol. The summed E-state index contributed by atoms with van der Waals surface area (Å²) in [5.41, 5.74) is 10.3. The van der Waals surface area contributed by atoms with E-state index >= 15 is 0 Å². The van der Waals surface area contributed by atoms with Gasteiger partial charge in [0.15, 0.2) is 0 Å². The maximum absolute atomic E-state index is 14.5. The average molecular weight is 993 g/mol. The fourth-order valence-corrected chi connectivity index (χ4v) is 6.44. The van der Waals surface area contributed by atoms with Gasteiger partial charge in [-0.05, 0) is 46.4 Å². The first-order valence-corrected chi connectivity index (χ1v) is 21.9. The van der Waals surface area contributed by atoms with Crippen molar-refractivity contribution in [3.8, 4) is 11.3 Å². The van der Waals surface area contributed by atoms with Crippen LogP contribution in [0.3, 0.4) is 0 Å². The molecular formula is C48H71Cl2N7O11. The number of hydrogen-bond donors (Lipinski definition) is 5. The number of alkyl carbamates (subject to hydrolysis) is 3. The maximum atomic E-state index is 14.5. The minimum Gasteiger partial charge on any atom is -0.457 e. The number of pyridine rings is 1. The number of esters is 2. The molecule has 0 fully saturated rings. The number of rotatable bonds is 20. The molecule has 3 rings (SSSR count). The highest BCUT2D eigenvalue weighted by Crippen LogP contribution is 2.25. The highest BCUT2D eigenvalue weighted by atomic mass is 35.5. The van der Waals surface area contributed by atoms with Crippen molar-refractivity contribution >= 4 is 60.9 Å². The van der Waals surface area contributed by atoms with Crippen LogP contribution in [-0.2, 0) is 51.0 Å². The van der Waals surface area contributed by atoms with E-state index < -0.39 is 89.4 Å². The summed E-state index contributed by atoms with van der Waals surface area (Å²) in [5, 5.41) is 9.53. The zero-order valence-corrected chi connectivity index (χ0v) is 42.7. The third-order valence-corrected chi connectivity index (χ3v) is 10.4. The molecule has 0 spiro atoms. The second-order valence-corrected chi connectivity index (χ2v) is 18.8. The second kappa shape index (κ2) is 28.0. The number of hydrogen-bond acceptors (Lipinski definition) is 14. The average Bonchev–Trinajstić information content (AvgIpc) is 3.25.